The number of nitrogens with one attached hydrogen (secondary N) is 1. The number of benzene rings is 1. The Morgan fingerprint density at radius 2 is 1.82 bits per heavy atom. The maximum Gasteiger partial charge on any atom is 0.331 e. The fourth-order valence-corrected chi connectivity index (χ4v) is 3.18. The second-order valence-corrected chi connectivity index (χ2v) is 6.05. The maximum absolute atomic E-state index is 12.1. The number of carbonyl (C=O) groups excluding carboxylic acids is 2. The maximum atomic E-state index is 12.1. The molecule has 0 heterocycles. The minimum absolute atomic E-state index is 0.372. The minimum atomic E-state index is -0.916. The SMILES string of the molecule is COC(=O)C1(NC(=O)/C=C/c2c(Cl)cccc2Cl)CCCC1. The predicted molar refractivity (Wildman–Crippen MR) is 86.9 cm³/mol. The molecule has 4 nitrogen and oxygen atoms in total. The van der Waals surface area contributed by atoms with Crippen LogP contribution in [0.4, 0.5) is 0 Å². The third-order valence-electron chi connectivity index (χ3n) is 3.80. The lowest BCUT2D eigenvalue weighted by Crippen LogP contribution is -2.52. The summed E-state index contributed by atoms with van der Waals surface area (Å²) in [5.41, 5.74) is -0.347. The van der Waals surface area contributed by atoms with Crippen molar-refractivity contribution < 1.29 is 14.3 Å². The number of hydrogen-bond acceptors (Lipinski definition) is 3. The van der Waals surface area contributed by atoms with E-state index in [1.807, 2.05) is 0 Å². The summed E-state index contributed by atoms with van der Waals surface area (Å²) in [6.07, 6.45) is 5.82. The molecule has 1 aliphatic rings. The molecular formula is C16H17Cl2NO3. The van der Waals surface area contributed by atoms with Crippen molar-refractivity contribution in [3.8, 4) is 0 Å². The van der Waals surface area contributed by atoms with Crippen LogP contribution in [0.2, 0.25) is 10.0 Å². The van der Waals surface area contributed by atoms with Crippen molar-refractivity contribution in [3.63, 3.8) is 0 Å². The van der Waals surface area contributed by atoms with E-state index in [1.54, 1.807) is 24.3 Å². The molecule has 0 radical (unpaired) electrons. The molecule has 1 amide bonds. The average Bonchev–Trinajstić information content (AvgIpc) is 2.95. The van der Waals surface area contributed by atoms with Gasteiger partial charge >= 0.3 is 5.97 Å². The van der Waals surface area contributed by atoms with Gasteiger partial charge in [0.25, 0.3) is 0 Å². The first-order chi connectivity index (χ1) is 10.5. The number of amides is 1. The summed E-state index contributed by atoms with van der Waals surface area (Å²) in [7, 11) is 1.33. The molecule has 0 saturated heterocycles. The van der Waals surface area contributed by atoms with E-state index in [1.165, 1.54) is 13.2 Å². The molecule has 0 aliphatic heterocycles. The summed E-state index contributed by atoms with van der Waals surface area (Å²) < 4.78 is 4.82. The van der Waals surface area contributed by atoms with Gasteiger partial charge in [-0.05, 0) is 31.1 Å². The Hall–Kier alpha value is -1.52. The monoisotopic (exact) mass is 341 g/mol. The normalized spacial score (nSPS) is 16.7. The van der Waals surface area contributed by atoms with Crippen molar-refractivity contribution in [2.24, 2.45) is 0 Å². The van der Waals surface area contributed by atoms with Crippen LogP contribution in [0.15, 0.2) is 24.3 Å². The van der Waals surface area contributed by atoms with E-state index in [9.17, 15) is 9.59 Å². The Balaban J connectivity index is 2.12. The Morgan fingerprint density at radius 1 is 1.23 bits per heavy atom. The number of carbonyl (C=O) groups is 2. The summed E-state index contributed by atoms with van der Waals surface area (Å²) >= 11 is 12.1. The van der Waals surface area contributed by atoms with Gasteiger partial charge in [0.15, 0.2) is 0 Å². The number of methoxy groups -OCH3 is 1. The lowest BCUT2D eigenvalue weighted by atomic mass is 9.97. The molecule has 2 rings (SSSR count). The summed E-state index contributed by atoms with van der Waals surface area (Å²) in [5.74, 6) is -0.772. The molecule has 1 saturated carbocycles. The predicted octanol–water partition coefficient (Wildman–Crippen LogP) is 3.61. The summed E-state index contributed by atoms with van der Waals surface area (Å²) in [6.45, 7) is 0. The van der Waals surface area contributed by atoms with Crippen LogP contribution in [0.3, 0.4) is 0 Å². The van der Waals surface area contributed by atoms with Crippen molar-refractivity contribution in [3.05, 3.63) is 39.9 Å². The molecule has 0 bridgehead atoms. The molecule has 0 unspecified atom stereocenters. The molecule has 118 valence electrons. The molecule has 1 aromatic carbocycles. The highest BCUT2D eigenvalue weighted by Crippen LogP contribution is 2.31. The van der Waals surface area contributed by atoms with Crippen LogP contribution < -0.4 is 5.32 Å². The highest BCUT2D eigenvalue weighted by atomic mass is 35.5. The van der Waals surface area contributed by atoms with Gasteiger partial charge < -0.3 is 10.1 Å². The lowest BCUT2D eigenvalue weighted by Gasteiger charge is -2.26. The van der Waals surface area contributed by atoms with Gasteiger partial charge in [-0.1, -0.05) is 42.1 Å². The number of rotatable bonds is 4. The zero-order valence-corrected chi connectivity index (χ0v) is 13.7. The molecule has 1 fully saturated rings. The molecule has 1 aliphatic carbocycles. The van der Waals surface area contributed by atoms with Crippen LogP contribution in [0, 0.1) is 0 Å². The summed E-state index contributed by atoms with van der Waals surface area (Å²) in [4.78, 5) is 24.1. The number of hydrogen-bond donors (Lipinski definition) is 1. The highest BCUT2D eigenvalue weighted by molar-refractivity contribution is 6.37. The number of esters is 1. The first kappa shape index (κ1) is 16.8. The van der Waals surface area contributed by atoms with E-state index >= 15 is 0 Å². The van der Waals surface area contributed by atoms with Crippen molar-refractivity contribution in [1.29, 1.82) is 0 Å². The Kier molecular flexibility index (Phi) is 5.48. The van der Waals surface area contributed by atoms with Crippen molar-refractivity contribution in [1.82, 2.24) is 5.32 Å². The van der Waals surface area contributed by atoms with Crippen LogP contribution in [-0.2, 0) is 14.3 Å². The molecule has 1 N–H and O–H groups in total. The smallest absolute Gasteiger partial charge is 0.331 e. The fourth-order valence-electron chi connectivity index (χ4n) is 2.66. The van der Waals surface area contributed by atoms with Crippen molar-refractivity contribution >= 4 is 41.2 Å². The minimum Gasteiger partial charge on any atom is -0.467 e. The van der Waals surface area contributed by atoms with Gasteiger partial charge in [-0.25, -0.2) is 4.79 Å². The Morgan fingerprint density at radius 3 is 2.36 bits per heavy atom. The fraction of sp³-hybridized carbons (Fsp3) is 0.375. The van der Waals surface area contributed by atoms with Gasteiger partial charge in [0.05, 0.1) is 7.11 Å². The molecule has 0 aromatic heterocycles. The number of ether oxygens (including phenoxy) is 1. The standard InChI is InChI=1S/C16H17Cl2NO3/c1-22-15(21)16(9-2-3-10-16)19-14(20)8-7-11-12(17)5-4-6-13(11)18/h4-8H,2-3,9-10H2,1H3,(H,19,20)/b8-7+. The zero-order valence-electron chi connectivity index (χ0n) is 12.2. The van der Waals surface area contributed by atoms with Gasteiger partial charge in [0, 0.05) is 21.7 Å². The van der Waals surface area contributed by atoms with E-state index < -0.39 is 11.5 Å². The van der Waals surface area contributed by atoms with Gasteiger partial charge in [0.1, 0.15) is 5.54 Å². The van der Waals surface area contributed by atoms with E-state index in [0.717, 1.165) is 12.8 Å². The van der Waals surface area contributed by atoms with Gasteiger partial charge in [0.2, 0.25) is 5.91 Å². The van der Waals surface area contributed by atoms with Gasteiger partial charge in [-0.15, -0.1) is 0 Å². The average molecular weight is 342 g/mol. The quantitative estimate of drug-likeness (QED) is 0.672. The van der Waals surface area contributed by atoms with Crippen LogP contribution >= 0.6 is 23.2 Å². The van der Waals surface area contributed by atoms with E-state index in [4.69, 9.17) is 27.9 Å². The molecule has 1 aromatic rings. The van der Waals surface area contributed by atoms with E-state index in [2.05, 4.69) is 5.32 Å². The third-order valence-corrected chi connectivity index (χ3v) is 4.46. The van der Waals surface area contributed by atoms with E-state index in [-0.39, 0.29) is 5.91 Å². The summed E-state index contributed by atoms with van der Waals surface area (Å²) in [5, 5.41) is 3.68. The van der Waals surface area contributed by atoms with Crippen LogP contribution in [0.1, 0.15) is 31.2 Å². The third kappa shape index (κ3) is 3.62. The first-order valence-electron chi connectivity index (χ1n) is 7.01. The molecule has 6 heteroatoms. The molecular weight excluding hydrogens is 325 g/mol. The highest BCUT2D eigenvalue weighted by Gasteiger charge is 2.43. The van der Waals surface area contributed by atoms with Gasteiger partial charge in [-0.3, -0.25) is 4.79 Å². The lowest BCUT2D eigenvalue weighted by molar-refractivity contribution is -0.150. The van der Waals surface area contributed by atoms with E-state index in [0.29, 0.717) is 28.5 Å². The van der Waals surface area contributed by atoms with Crippen LogP contribution in [-0.4, -0.2) is 24.5 Å². The van der Waals surface area contributed by atoms with Crippen LogP contribution in [0.25, 0.3) is 6.08 Å². The van der Waals surface area contributed by atoms with Crippen molar-refractivity contribution in [2.75, 3.05) is 7.11 Å². The molecule has 22 heavy (non-hydrogen) atoms. The summed E-state index contributed by atoms with van der Waals surface area (Å²) in [6, 6.07) is 5.11. The van der Waals surface area contributed by atoms with Crippen LogP contribution in [0.5, 0.6) is 0 Å². The topological polar surface area (TPSA) is 55.4 Å². The van der Waals surface area contributed by atoms with Crippen molar-refractivity contribution in [2.45, 2.75) is 31.2 Å². The Bertz CT molecular complexity index is 587. The Labute approximate surface area is 139 Å². The molecule has 0 spiro atoms. The second-order valence-electron chi connectivity index (χ2n) is 5.24. The number of halogens is 2. The second kappa shape index (κ2) is 7.16. The van der Waals surface area contributed by atoms with Gasteiger partial charge in [-0.2, -0.15) is 0 Å². The first-order valence-corrected chi connectivity index (χ1v) is 7.77. The largest absolute Gasteiger partial charge is 0.467 e. The zero-order chi connectivity index (χ0) is 16.2. The molecule has 0 atom stereocenters.